The quantitative estimate of drug-likeness (QED) is 0.632. The molecular formula is C13H26O. The smallest absolute Gasteiger partial charge is 0.139 e. The van der Waals surface area contributed by atoms with Gasteiger partial charge < -0.3 is 0 Å². The molecule has 84 valence electrons. The van der Waals surface area contributed by atoms with Gasteiger partial charge in [-0.15, -0.1) is 0 Å². The minimum Gasteiger partial charge on any atom is -0.299 e. The fraction of sp³-hybridized carbons (Fsp3) is 0.923. The summed E-state index contributed by atoms with van der Waals surface area (Å²) in [7, 11) is 0. The van der Waals surface area contributed by atoms with Gasteiger partial charge in [-0.05, 0) is 24.7 Å². The molecule has 1 heteroatoms. The maximum atomic E-state index is 12.2. The first-order valence-electron chi connectivity index (χ1n) is 5.99. The van der Waals surface area contributed by atoms with Crippen LogP contribution in [-0.4, -0.2) is 5.78 Å². The average molecular weight is 198 g/mol. The van der Waals surface area contributed by atoms with Crippen LogP contribution in [-0.2, 0) is 4.79 Å². The number of ketones is 1. The first-order chi connectivity index (χ1) is 6.45. The fourth-order valence-corrected chi connectivity index (χ4v) is 2.28. The van der Waals surface area contributed by atoms with Crippen molar-refractivity contribution in [3.8, 4) is 0 Å². The van der Waals surface area contributed by atoms with Gasteiger partial charge in [-0.3, -0.25) is 4.79 Å². The number of Topliss-reactive ketones (excluding diaryl/α,β-unsaturated/α-hetero) is 1. The van der Waals surface area contributed by atoms with E-state index in [1.165, 1.54) is 0 Å². The highest BCUT2D eigenvalue weighted by atomic mass is 16.1. The van der Waals surface area contributed by atoms with E-state index in [2.05, 4.69) is 41.5 Å². The Kier molecular flexibility index (Phi) is 6.06. The lowest BCUT2D eigenvalue weighted by atomic mass is 9.78. The van der Waals surface area contributed by atoms with Crippen LogP contribution in [0.2, 0.25) is 0 Å². The molecule has 0 aliphatic heterocycles. The molecule has 0 bridgehead atoms. The molecule has 0 spiro atoms. The molecule has 1 nitrogen and oxygen atoms in total. The summed E-state index contributed by atoms with van der Waals surface area (Å²) in [4.78, 5) is 12.2. The highest BCUT2D eigenvalue weighted by Gasteiger charge is 2.28. The summed E-state index contributed by atoms with van der Waals surface area (Å²) in [5, 5.41) is 0. The predicted octanol–water partition coefficient (Wildman–Crippen LogP) is 3.92. The van der Waals surface area contributed by atoms with Gasteiger partial charge in [0.15, 0.2) is 0 Å². The van der Waals surface area contributed by atoms with Crippen LogP contribution < -0.4 is 0 Å². The third-order valence-corrected chi connectivity index (χ3v) is 3.22. The molecule has 0 rings (SSSR count). The zero-order valence-electron chi connectivity index (χ0n) is 10.6. The molecule has 0 aliphatic carbocycles. The summed E-state index contributed by atoms with van der Waals surface area (Å²) in [6.45, 7) is 12.8. The Hall–Kier alpha value is -0.330. The Bertz CT molecular complexity index is 152. The second kappa shape index (κ2) is 6.21. The Morgan fingerprint density at radius 2 is 1.14 bits per heavy atom. The summed E-state index contributed by atoms with van der Waals surface area (Å²) in [6, 6.07) is 0. The lowest BCUT2D eigenvalue weighted by molar-refractivity contribution is -0.129. The molecule has 0 aromatic rings. The van der Waals surface area contributed by atoms with Crippen LogP contribution in [0, 0.1) is 23.7 Å². The van der Waals surface area contributed by atoms with Gasteiger partial charge in [-0.2, -0.15) is 0 Å². The first kappa shape index (κ1) is 13.7. The van der Waals surface area contributed by atoms with E-state index in [-0.39, 0.29) is 11.8 Å². The Morgan fingerprint density at radius 1 is 0.857 bits per heavy atom. The molecule has 0 aliphatic rings. The number of hydrogen-bond donors (Lipinski definition) is 0. The van der Waals surface area contributed by atoms with E-state index in [1.54, 1.807) is 0 Å². The van der Waals surface area contributed by atoms with Crippen molar-refractivity contribution in [2.45, 2.75) is 54.4 Å². The van der Waals surface area contributed by atoms with Crippen LogP contribution in [0.4, 0.5) is 0 Å². The zero-order chi connectivity index (χ0) is 11.3. The fourth-order valence-electron chi connectivity index (χ4n) is 2.28. The van der Waals surface area contributed by atoms with Crippen molar-refractivity contribution >= 4 is 5.78 Å². The molecule has 0 saturated carbocycles. The number of carbonyl (C=O) groups excluding carboxylic acids is 1. The van der Waals surface area contributed by atoms with Gasteiger partial charge in [-0.1, -0.05) is 41.5 Å². The van der Waals surface area contributed by atoms with Crippen LogP contribution in [0.25, 0.3) is 0 Å². The van der Waals surface area contributed by atoms with Crippen molar-refractivity contribution < 1.29 is 4.79 Å². The van der Waals surface area contributed by atoms with E-state index < -0.39 is 0 Å². The molecule has 2 unspecified atom stereocenters. The van der Waals surface area contributed by atoms with Crippen molar-refractivity contribution in [1.29, 1.82) is 0 Å². The van der Waals surface area contributed by atoms with Gasteiger partial charge in [0.05, 0.1) is 0 Å². The minimum atomic E-state index is 0.266. The van der Waals surface area contributed by atoms with Crippen molar-refractivity contribution in [3.05, 3.63) is 0 Å². The molecule has 0 amide bonds. The van der Waals surface area contributed by atoms with Gasteiger partial charge in [0, 0.05) is 11.8 Å². The van der Waals surface area contributed by atoms with E-state index in [9.17, 15) is 4.79 Å². The van der Waals surface area contributed by atoms with Gasteiger partial charge in [0.25, 0.3) is 0 Å². The minimum absolute atomic E-state index is 0.266. The highest BCUT2D eigenvalue weighted by molar-refractivity contribution is 5.83. The molecule has 0 heterocycles. The molecule has 0 aromatic heterocycles. The number of hydrogen-bond acceptors (Lipinski definition) is 1. The van der Waals surface area contributed by atoms with Crippen LogP contribution in [0.5, 0.6) is 0 Å². The SMILES string of the molecule is CCC(C(=O)C(CC)C(C)C)C(C)C. The van der Waals surface area contributed by atoms with Gasteiger partial charge in [0.2, 0.25) is 0 Å². The molecule has 2 atom stereocenters. The van der Waals surface area contributed by atoms with Gasteiger partial charge in [-0.25, -0.2) is 0 Å². The number of carbonyl (C=O) groups is 1. The van der Waals surface area contributed by atoms with Gasteiger partial charge >= 0.3 is 0 Å². The molecule has 0 N–H and O–H groups in total. The van der Waals surface area contributed by atoms with E-state index in [1.807, 2.05) is 0 Å². The second-order valence-electron chi connectivity index (χ2n) is 4.92. The number of rotatable bonds is 6. The lowest BCUT2D eigenvalue weighted by Crippen LogP contribution is -2.29. The van der Waals surface area contributed by atoms with E-state index in [0.717, 1.165) is 12.8 Å². The average Bonchev–Trinajstić information content (AvgIpc) is 2.04. The normalized spacial score (nSPS) is 16.0. The Balaban J connectivity index is 4.54. The summed E-state index contributed by atoms with van der Waals surface area (Å²) in [5.74, 6) is 1.99. The van der Waals surface area contributed by atoms with E-state index in [4.69, 9.17) is 0 Å². The molecule has 0 saturated heterocycles. The van der Waals surface area contributed by atoms with Crippen molar-refractivity contribution in [3.63, 3.8) is 0 Å². The van der Waals surface area contributed by atoms with Crippen LogP contribution in [0.3, 0.4) is 0 Å². The lowest BCUT2D eigenvalue weighted by Gasteiger charge is -2.25. The summed E-state index contributed by atoms with van der Waals surface area (Å²) in [6.07, 6.45) is 1.97. The molecular weight excluding hydrogens is 172 g/mol. The third kappa shape index (κ3) is 3.43. The van der Waals surface area contributed by atoms with Crippen molar-refractivity contribution in [1.82, 2.24) is 0 Å². The maximum absolute atomic E-state index is 12.2. The topological polar surface area (TPSA) is 17.1 Å². The zero-order valence-corrected chi connectivity index (χ0v) is 10.6. The Morgan fingerprint density at radius 3 is 1.29 bits per heavy atom. The monoisotopic (exact) mass is 198 g/mol. The third-order valence-electron chi connectivity index (χ3n) is 3.22. The van der Waals surface area contributed by atoms with Crippen LogP contribution in [0.1, 0.15) is 54.4 Å². The van der Waals surface area contributed by atoms with Crippen molar-refractivity contribution in [2.24, 2.45) is 23.7 Å². The van der Waals surface area contributed by atoms with Crippen LogP contribution >= 0.6 is 0 Å². The summed E-state index contributed by atoms with van der Waals surface area (Å²) < 4.78 is 0. The first-order valence-corrected chi connectivity index (χ1v) is 5.99. The van der Waals surface area contributed by atoms with Crippen molar-refractivity contribution in [2.75, 3.05) is 0 Å². The standard InChI is InChI=1S/C13H26O/c1-7-11(9(3)4)13(14)12(8-2)10(5)6/h9-12H,7-8H2,1-6H3. The van der Waals surface area contributed by atoms with E-state index >= 15 is 0 Å². The maximum Gasteiger partial charge on any atom is 0.139 e. The van der Waals surface area contributed by atoms with Crippen LogP contribution in [0.15, 0.2) is 0 Å². The molecule has 0 aromatic carbocycles. The Labute approximate surface area is 89.3 Å². The predicted molar refractivity (Wildman–Crippen MR) is 62.2 cm³/mol. The molecule has 14 heavy (non-hydrogen) atoms. The van der Waals surface area contributed by atoms with Gasteiger partial charge in [0.1, 0.15) is 5.78 Å². The second-order valence-corrected chi connectivity index (χ2v) is 4.92. The highest BCUT2D eigenvalue weighted by Crippen LogP contribution is 2.26. The summed E-state index contributed by atoms with van der Waals surface area (Å²) in [5.41, 5.74) is 0. The van der Waals surface area contributed by atoms with E-state index in [0.29, 0.717) is 17.6 Å². The molecule has 0 fully saturated rings. The largest absolute Gasteiger partial charge is 0.299 e. The molecule has 0 radical (unpaired) electrons. The summed E-state index contributed by atoms with van der Waals surface area (Å²) >= 11 is 0.